The lowest BCUT2D eigenvalue weighted by Crippen LogP contribution is -2.49. The molecular formula is C15H11F2N3O3. The number of hydrogen-bond donors (Lipinski definition) is 3. The Morgan fingerprint density at radius 3 is 2.65 bits per heavy atom. The number of hydrogen-bond acceptors (Lipinski definition) is 4. The van der Waals surface area contributed by atoms with E-state index >= 15 is 0 Å². The second kappa shape index (κ2) is 5.24. The molecule has 6 nitrogen and oxygen atoms in total. The molecular weight excluding hydrogens is 308 g/mol. The number of aromatic nitrogens is 1. The minimum absolute atomic E-state index is 0.0643. The first-order chi connectivity index (χ1) is 10.9. The Morgan fingerprint density at radius 1 is 1.26 bits per heavy atom. The van der Waals surface area contributed by atoms with Crippen LogP contribution >= 0.6 is 0 Å². The van der Waals surface area contributed by atoms with Gasteiger partial charge in [0.05, 0.1) is 11.0 Å². The van der Waals surface area contributed by atoms with Crippen molar-refractivity contribution in [2.45, 2.75) is 0 Å². The Labute approximate surface area is 128 Å². The zero-order chi connectivity index (χ0) is 16.7. The van der Waals surface area contributed by atoms with E-state index in [1.165, 1.54) is 23.3 Å². The summed E-state index contributed by atoms with van der Waals surface area (Å²) in [6.07, 6.45) is 1.47. The minimum atomic E-state index is -1.36. The number of carboxylic acids is 1. The van der Waals surface area contributed by atoms with Crippen LogP contribution in [0.5, 0.6) is 0 Å². The topological polar surface area (TPSA) is 85.4 Å². The molecule has 8 heteroatoms. The number of aromatic amines is 1. The van der Waals surface area contributed by atoms with E-state index in [4.69, 9.17) is 5.11 Å². The molecule has 0 fully saturated rings. The van der Waals surface area contributed by atoms with Gasteiger partial charge < -0.3 is 15.5 Å². The second-order valence-electron chi connectivity index (χ2n) is 4.95. The van der Waals surface area contributed by atoms with E-state index in [0.29, 0.717) is 5.22 Å². The third-order valence-corrected chi connectivity index (χ3v) is 3.47. The van der Waals surface area contributed by atoms with Crippen LogP contribution < -0.4 is 21.6 Å². The molecule has 1 aromatic heterocycles. The lowest BCUT2D eigenvalue weighted by molar-refractivity contribution is 0.0694. The fourth-order valence-electron chi connectivity index (χ4n) is 2.41. The van der Waals surface area contributed by atoms with Crippen molar-refractivity contribution in [1.29, 1.82) is 0 Å². The van der Waals surface area contributed by atoms with Crippen LogP contribution in [0.3, 0.4) is 0 Å². The van der Waals surface area contributed by atoms with Gasteiger partial charge in [0.2, 0.25) is 0 Å². The summed E-state index contributed by atoms with van der Waals surface area (Å²) in [5.41, 5.74) is 1.90. The molecule has 3 rings (SSSR count). The number of carboxylic acid groups (broad SMARTS) is 1. The molecule has 0 atom stereocenters. The Morgan fingerprint density at radius 2 is 2.00 bits per heavy atom. The summed E-state index contributed by atoms with van der Waals surface area (Å²) < 4.78 is 27.2. The van der Waals surface area contributed by atoms with Crippen molar-refractivity contribution in [1.82, 2.24) is 15.4 Å². The maximum atomic E-state index is 14.1. The molecule has 0 radical (unpaired) electrons. The number of nitrogens with zero attached hydrogens (tertiary/aromatic N) is 1. The monoisotopic (exact) mass is 319 g/mol. The number of H-pyrrole nitrogens is 1. The molecule has 2 aromatic rings. The predicted molar refractivity (Wildman–Crippen MR) is 77.5 cm³/mol. The number of nitrogens with one attached hydrogen (secondary N) is 2. The standard InChI is InChI=1S/C15H11F2N3O3/c1-20-13(9-3-2-8(16)5-11(9)17)12-7(6-18-20)4-10(15(22)23)14(21)19-12/h2-6,18H,1H3,(H,19,21)(H,22,23). The highest BCUT2D eigenvalue weighted by Crippen LogP contribution is 2.18. The van der Waals surface area contributed by atoms with E-state index in [0.717, 1.165) is 12.1 Å². The molecule has 23 heavy (non-hydrogen) atoms. The van der Waals surface area contributed by atoms with E-state index in [9.17, 15) is 18.4 Å². The third kappa shape index (κ3) is 2.44. The number of fused-ring (bicyclic) bond motifs is 1. The molecule has 1 aliphatic rings. The first-order valence-corrected chi connectivity index (χ1v) is 6.55. The molecule has 0 saturated heterocycles. The van der Waals surface area contributed by atoms with Gasteiger partial charge in [0.25, 0.3) is 5.56 Å². The van der Waals surface area contributed by atoms with E-state index < -0.39 is 28.7 Å². The van der Waals surface area contributed by atoms with Crippen LogP contribution in [0.25, 0.3) is 11.9 Å². The number of aromatic carboxylic acids is 1. The SMILES string of the molecule is CN1NC=c2cc(C(=O)O)c(=O)[nH]c2=C1c1ccc(F)cc1F. The van der Waals surface area contributed by atoms with Crippen LogP contribution in [-0.2, 0) is 0 Å². The Balaban J connectivity index is 2.41. The third-order valence-electron chi connectivity index (χ3n) is 3.47. The Hall–Kier alpha value is -3.16. The van der Waals surface area contributed by atoms with Gasteiger partial charge in [-0.1, -0.05) is 0 Å². The van der Waals surface area contributed by atoms with Crippen molar-refractivity contribution in [3.8, 4) is 0 Å². The Bertz CT molecular complexity index is 998. The molecule has 0 saturated carbocycles. The van der Waals surface area contributed by atoms with Crippen LogP contribution in [0.1, 0.15) is 15.9 Å². The molecule has 0 aliphatic carbocycles. The lowest BCUT2D eigenvalue weighted by atomic mass is 10.1. The van der Waals surface area contributed by atoms with Crippen molar-refractivity contribution in [2.75, 3.05) is 7.05 Å². The quantitative estimate of drug-likeness (QED) is 0.707. The molecule has 0 bridgehead atoms. The first-order valence-electron chi connectivity index (χ1n) is 6.55. The average molecular weight is 319 g/mol. The smallest absolute Gasteiger partial charge is 0.341 e. The van der Waals surface area contributed by atoms with Crippen LogP contribution in [0.15, 0.2) is 29.1 Å². The normalized spacial score (nSPS) is 13.2. The molecule has 1 aromatic carbocycles. The zero-order valence-corrected chi connectivity index (χ0v) is 11.9. The second-order valence-corrected chi connectivity index (χ2v) is 4.95. The number of pyridine rings is 1. The van der Waals surface area contributed by atoms with Gasteiger partial charge in [-0.3, -0.25) is 9.80 Å². The number of halogens is 2. The van der Waals surface area contributed by atoms with Crippen molar-refractivity contribution in [2.24, 2.45) is 0 Å². The highest BCUT2D eigenvalue weighted by Gasteiger charge is 2.19. The van der Waals surface area contributed by atoms with Gasteiger partial charge in [-0.2, -0.15) is 0 Å². The lowest BCUT2D eigenvalue weighted by Gasteiger charge is -2.26. The van der Waals surface area contributed by atoms with Crippen LogP contribution in [0, 0.1) is 11.6 Å². The maximum Gasteiger partial charge on any atom is 0.341 e. The largest absolute Gasteiger partial charge is 0.477 e. The van der Waals surface area contributed by atoms with Gasteiger partial charge in [0.15, 0.2) is 0 Å². The summed E-state index contributed by atoms with van der Waals surface area (Å²) in [5, 5.41) is 11.1. The summed E-state index contributed by atoms with van der Waals surface area (Å²) in [6.45, 7) is 0. The molecule has 0 unspecified atom stereocenters. The first kappa shape index (κ1) is 14.8. The molecule has 1 aliphatic heterocycles. The number of rotatable bonds is 2. The van der Waals surface area contributed by atoms with E-state index in [2.05, 4.69) is 10.4 Å². The van der Waals surface area contributed by atoms with Crippen molar-refractivity contribution >= 4 is 17.9 Å². The van der Waals surface area contributed by atoms with Crippen LogP contribution in [-0.4, -0.2) is 28.1 Å². The van der Waals surface area contributed by atoms with E-state index in [-0.39, 0.29) is 16.6 Å². The number of benzene rings is 1. The van der Waals surface area contributed by atoms with Crippen LogP contribution in [0.4, 0.5) is 8.78 Å². The fourth-order valence-corrected chi connectivity index (χ4v) is 2.41. The van der Waals surface area contributed by atoms with Gasteiger partial charge in [-0.05, 0) is 18.2 Å². The molecule has 2 heterocycles. The highest BCUT2D eigenvalue weighted by atomic mass is 19.1. The number of hydrazine groups is 1. The van der Waals surface area contributed by atoms with Crippen molar-refractivity contribution in [3.05, 3.63) is 67.9 Å². The highest BCUT2D eigenvalue weighted by molar-refractivity contribution is 5.87. The van der Waals surface area contributed by atoms with Crippen molar-refractivity contribution < 1.29 is 18.7 Å². The number of carbonyl (C=O) groups is 1. The van der Waals surface area contributed by atoms with Crippen molar-refractivity contribution in [3.63, 3.8) is 0 Å². The summed E-state index contributed by atoms with van der Waals surface area (Å²) in [7, 11) is 1.58. The van der Waals surface area contributed by atoms with Crippen LogP contribution in [0.2, 0.25) is 0 Å². The maximum absolute atomic E-state index is 14.1. The predicted octanol–water partition coefficient (Wildman–Crippen LogP) is -0.304. The summed E-state index contributed by atoms with van der Waals surface area (Å²) in [4.78, 5) is 25.4. The Kier molecular flexibility index (Phi) is 3.36. The van der Waals surface area contributed by atoms with E-state index in [1.54, 1.807) is 7.05 Å². The van der Waals surface area contributed by atoms with E-state index in [1.807, 2.05) is 0 Å². The molecule has 3 N–H and O–H groups in total. The fraction of sp³-hybridized carbons (Fsp3) is 0.0667. The van der Waals surface area contributed by atoms with Gasteiger partial charge in [-0.15, -0.1) is 0 Å². The summed E-state index contributed by atoms with van der Waals surface area (Å²) >= 11 is 0. The van der Waals surface area contributed by atoms with Gasteiger partial charge in [0, 0.05) is 30.1 Å². The zero-order valence-electron chi connectivity index (χ0n) is 11.9. The summed E-state index contributed by atoms with van der Waals surface area (Å²) in [6, 6.07) is 4.27. The average Bonchev–Trinajstić information content (AvgIpc) is 2.47. The van der Waals surface area contributed by atoms with Gasteiger partial charge in [0.1, 0.15) is 17.2 Å². The summed E-state index contributed by atoms with van der Waals surface area (Å²) in [5.74, 6) is -2.89. The van der Waals surface area contributed by atoms with Gasteiger partial charge >= 0.3 is 5.97 Å². The minimum Gasteiger partial charge on any atom is -0.477 e. The molecule has 0 amide bonds. The molecule has 118 valence electrons. The molecule has 0 spiro atoms. The van der Waals surface area contributed by atoms with Gasteiger partial charge in [-0.25, -0.2) is 13.6 Å².